The average molecular weight is 543 g/mol. The molecular formula is C24H38N4O6S2. The number of benzene rings is 1. The van der Waals surface area contributed by atoms with Gasteiger partial charge in [-0.2, -0.15) is 23.5 Å². The molecule has 202 valence electrons. The third-order valence-electron chi connectivity index (χ3n) is 5.50. The number of thioether (sulfide) groups is 2. The van der Waals surface area contributed by atoms with Gasteiger partial charge in [0.15, 0.2) is 0 Å². The van der Waals surface area contributed by atoms with Crippen molar-refractivity contribution < 1.29 is 29.4 Å². The van der Waals surface area contributed by atoms with E-state index in [1.54, 1.807) is 26.0 Å². The molecule has 1 rings (SSSR count). The standard InChI is InChI=1S/C24H38N4O6S2/c1-14(2)20(25)23(32)26-17(9-11-35-3)21(30)28-19(13-15-5-7-16(29)8-6-15)22(31)27-18(24(33)34)10-12-36-4/h5-8,14,17-20,29H,9-13,25H2,1-4H3,(H,26,32)(H,27,31)(H,28,30)(H,33,34). The number of hydrogen-bond donors (Lipinski definition) is 6. The first-order valence-electron chi connectivity index (χ1n) is 11.6. The second-order valence-corrected chi connectivity index (χ2v) is 10.7. The van der Waals surface area contributed by atoms with Gasteiger partial charge in [0.25, 0.3) is 0 Å². The second-order valence-electron chi connectivity index (χ2n) is 8.73. The van der Waals surface area contributed by atoms with Crippen molar-refractivity contribution in [2.75, 3.05) is 24.0 Å². The van der Waals surface area contributed by atoms with Gasteiger partial charge in [0.1, 0.15) is 23.9 Å². The van der Waals surface area contributed by atoms with E-state index in [4.69, 9.17) is 5.73 Å². The Bertz CT molecular complexity index is 869. The summed E-state index contributed by atoms with van der Waals surface area (Å²) in [6, 6.07) is 2.21. The van der Waals surface area contributed by atoms with E-state index in [0.29, 0.717) is 23.5 Å². The lowest BCUT2D eigenvalue weighted by Gasteiger charge is -2.26. The van der Waals surface area contributed by atoms with E-state index >= 15 is 0 Å². The summed E-state index contributed by atoms with van der Waals surface area (Å²) in [5.74, 6) is -1.81. The smallest absolute Gasteiger partial charge is 0.326 e. The van der Waals surface area contributed by atoms with Gasteiger partial charge in [0.2, 0.25) is 17.7 Å². The highest BCUT2D eigenvalue weighted by atomic mass is 32.2. The molecule has 10 nitrogen and oxygen atoms in total. The number of phenols is 1. The molecule has 0 aliphatic heterocycles. The number of nitrogens with one attached hydrogen (secondary N) is 3. The van der Waals surface area contributed by atoms with Gasteiger partial charge < -0.3 is 31.9 Å². The lowest BCUT2D eigenvalue weighted by molar-refractivity contribution is -0.142. The number of aromatic hydroxyl groups is 1. The molecule has 0 aromatic heterocycles. The molecule has 0 saturated heterocycles. The maximum Gasteiger partial charge on any atom is 0.326 e. The minimum Gasteiger partial charge on any atom is -0.508 e. The average Bonchev–Trinajstić information content (AvgIpc) is 2.83. The predicted molar refractivity (Wildman–Crippen MR) is 144 cm³/mol. The summed E-state index contributed by atoms with van der Waals surface area (Å²) in [7, 11) is 0. The summed E-state index contributed by atoms with van der Waals surface area (Å²) in [5, 5.41) is 27.0. The molecule has 12 heteroatoms. The molecule has 1 aromatic rings. The Morgan fingerprint density at radius 3 is 1.81 bits per heavy atom. The quantitative estimate of drug-likeness (QED) is 0.178. The molecule has 36 heavy (non-hydrogen) atoms. The number of carboxylic acids is 1. The number of nitrogens with two attached hydrogens (primary N) is 1. The number of carbonyl (C=O) groups excluding carboxylic acids is 3. The van der Waals surface area contributed by atoms with Crippen LogP contribution in [0, 0.1) is 5.92 Å². The summed E-state index contributed by atoms with van der Waals surface area (Å²) in [5.41, 5.74) is 6.58. The number of carboxylic acid groups (broad SMARTS) is 1. The van der Waals surface area contributed by atoms with Gasteiger partial charge in [0, 0.05) is 6.42 Å². The minimum absolute atomic E-state index is 0.0492. The molecule has 0 aliphatic rings. The summed E-state index contributed by atoms with van der Waals surface area (Å²) >= 11 is 2.96. The Hall–Kier alpha value is -2.44. The first kappa shape index (κ1) is 31.6. The van der Waals surface area contributed by atoms with Gasteiger partial charge in [-0.25, -0.2) is 4.79 Å². The molecule has 0 radical (unpaired) electrons. The van der Waals surface area contributed by atoms with Crippen LogP contribution in [0.25, 0.3) is 0 Å². The Morgan fingerprint density at radius 2 is 1.31 bits per heavy atom. The van der Waals surface area contributed by atoms with Crippen molar-refractivity contribution in [1.29, 1.82) is 0 Å². The van der Waals surface area contributed by atoms with Crippen LogP contribution in [0.5, 0.6) is 5.75 Å². The summed E-state index contributed by atoms with van der Waals surface area (Å²) in [6.45, 7) is 3.60. The molecule has 4 atom stereocenters. The van der Waals surface area contributed by atoms with Gasteiger partial charge in [-0.1, -0.05) is 26.0 Å². The largest absolute Gasteiger partial charge is 0.508 e. The lowest BCUT2D eigenvalue weighted by atomic mass is 10.0. The first-order valence-corrected chi connectivity index (χ1v) is 14.4. The molecule has 0 fully saturated rings. The van der Waals surface area contributed by atoms with Crippen LogP contribution in [-0.2, 0) is 25.6 Å². The summed E-state index contributed by atoms with van der Waals surface area (Å²) < 4.78 is 0. The van der Waals surface area contributed by atoms with Crippen molar-refractivity contribution in [2.24, 2.45) is 11.7 Å². The van der Waals surface area contributed by atoms with E-state index in [1.807, 2.05) is 12.5 Å². The van der Waals surface area contributed by atoms with Crippen LogP contribution >= 0.6 is 23.5 Å². The molecule has 0 aliphatic carbocycles. The van der Waals surface area contributed by atoms with Gasteiger partial charge in [-0.3, -0.25) is 14.4 Å². The van der Waals surface area contributed by atoms with Crippen molar-refractivity contribution in [2.45, 2.75) is 57.3 Å². The lowest BCUT2D eigenvalue weighted by Crippen LogP contribution is -2.58. The van der Waals surface area contributed by atoms with E-state index in [0.717, 1.165) is 0 Å². The third-order valence-corrected chi connectivity index (χ3v) is 6.79. The molecule has 7 N–H and O–H groups in total. The topological polar surface area (TPSA) is 171 Å². The van der Waals surface area contributed by atoms with Gasteiger partial charge in [-0.15, -0.1) is 0 Å². The van der Waals surface area contributed by atoms with Gasteiger partial charge in [-0.05, 0) is 60.5 Å². The van der Waals surface area contributed by atoms with E-state index in [2.05, 4.69) is 16.0 Å². The molecule has 0 spiro atoms. The van der Waals surface area contributed by atoms with Crippen molar-refractivity contribution in [3.63, 3.8) is 0 Å². The van der Waals surface area contributed by atoms with Crippen LogP contribution in [0.4, 0.5) is 0 Å². The highest BCUT2D eigenvalue weighted by Crippen LogP contribution is 2.13. The molecule has 0 heterocycles. The Kier molecular flexibility index (Phi) is 14.3. The van der Waals surface area contributed by atoms with E-state index < -0.39 is 47.9 Å². The minimum atomic E-state index is -1.17. The summed E-state index contributed by atoms with van der Waals surface area (Å²) in [6.07, 6.45) is 4.31. The Balaban J connectivity index is 3.13. The molecule has 0 bridgehead atoms. The number of carbonyl (C=O) groups is 4. The zero-order valence-electron chi connectivity index (χ0n) is 21.2. The Morgan fingerprint density at radius 1 is 0.833 bits per heavy atom. The van der Waals surface area contributed by atoms with Crippen LogP contribution in [0.2, 0.25) is 0 Å². The molecular weight excluding hydrogens is 504 g/mol. The van der Waals surface area contributed by atoms with Crippen LogP contribution in [0.1, 0.15) is 32.3 Å². The number of aliphatic carboxylic acids is 1. The predicted octanol–water partition coefficient (Wildman–Crippen LogP) is 0.963. The van der Waals surface area contributed by atoms with Crippen LogP contribution < -0.4 is 21.7 Å². The normalized spacial score (nSPS) is 14.4. The number of amides is 3. The zero-order valence-corrected chi connectivity index (χ0v) is 22.8. The maximum atomic E-state index is 13.2. The van der Waals surface area contributed by atoms with E-state index in [-0.39, 0.29) is 24.5 Å². The zero-order chi connectivity index (χ0) is 27.3. The van der Waals surface area contributed by atoms with Crippen molar-refractivity contribution >= 4 is 47.2 Å². The van der Waals surface area contributed by atoms with Gasteiger partial charge >= 0.3 is 5.97 Å². The van der Waals surface area contributed by atoms with Crippen LogP contribution in [0.15, 0.2) is 24.3 Å². The first-order chi connectivity index (χ1) is 17.0. The van der Waals surface area contributed by atoms with Crippen molar-refractivity contribution in [3.8, 4) is 5.75 Å². The van der Waals surface area contributed by atoms with Crippen molar-refractivity contribution in [1.82, 2.24) is 16.0 Å². The van der Waals surface area contributed by atoms with E-state index in [1.165, 1.54) is 35.7 Å². The van der Waals surface area contributed by atoms with E-state index in [9.17, 15) is 29.4 Å². The van der Waals surface area contributed by atoms with Crippen LogP contribution in [0.3, 0.4) is 0 Å². The monoisotopic (exact) mass is 542 g/mol. The number of hydrogen-bond acceptors (Lipinski definition) is 8. The third kappa shape index (κ3) is 11.1. The second kappa shape index (κ2) is 16.3. The highest BCUT2D eigenvalue weighted by molar-refractivity contribution is 7.98. The number of rotatable bonds is 16. The number of phenolic OH excluding ortho intramolecular Hbond substituents is 1. The van der Waals surface area contributed by atoms with Gasteiger partial charge in [0.05, 0.1) is 6.04 Å². The SMILES string of the molecule is CSCCC(NC(=O)C(Cc1ccc(O)cc1)NC(=O)C(CCSC)NC(=O)C(N)C(C)C)C(=O)O. The molecule has 4 unspecified atom stereocenters. The summed E-state index contributed by atoms with van der Waals surface area (Å²) in [4.78, 5) is 50.5. The fraction of sp³-hybridized carbons (Fsp3) is 0.583. The Labute approximate surface area is 220 Å². The molecule has 0 saturated carbocycles. The molecule has 1 aromatic carbocycles. The fourth-order valence-electron chi connectivity index (χ4n) is 3.19. The fourth-order valence-corrected chi connectivity index (χ4v) is 4.13. The maximum absolute atomic E-state index is 13.2. The van der Waals surface area contributed by atoms with Crippen molar-refractivity contribution in [3.05, 3.63) is 29.8 Å². The van der Waals surface area contributed by atoms with Crippen LogP contribution in [-0.4, -0.2) is 82.1 Å². The molecule has 3 amide bonds. The highest BCUT2D eigenvalue weighted by Gasteiger charge is 2.30.